The zero-order chi connectivity index (χ0) is 15.4. The van der Waals surface area contributed by atoms with Crippen LogP contribution in [-0.4, -0.2) is 60.6 Å². The summed E-state index contributed by atoms with van der Waals surface area (Å²) in [5, 5.41) is 0. The minimum Gasteiger partial charge on any atom is -0.381 e. The lowest BCUT2D eigenvalue weighted by Crippen LogP contribution is -2.58. The quantitative estimate of drug-likeness (QED) is 0.803. The van der Waals surface area contributed by atoms with E-state index >= 15 is 0 Å². The minimum atomic E-state index is 0.0370. The Bertz CT molecular complexity index is 373. The second-order valence-corrected chi connectivity index (χ2v) is 7.46. The molecule has 0 bridgehead atoms. The Labute approximate surface area is 135 Å². The molecule has 126 valence electrons. The van der Waals surface area contributed by atoms with Crippen molar-refractivity contribution in [3.63, 3.8) is 0 Å². The molecule has 0 aromatic carbocycles. The molecule has 3 rings (SSSR count). The predicted molar refractivity (Wildman–Crippen MR) is 87.8 cm³/mol. The number of nitrogens with zero attached hydrogens (tertiary/aromatic N) is 2. The third-order valence-corrected chi connectivity index (χ3v) is 6.01. The first-order valence-electron chi connectivity index (χ1n) is 9.34. The van der Waals surface area contributed by atoms with Gasteiger partial charge in [0.25, 0.3) is 0 Å². The van der Waals surface area contributed by atoms with Gasteiger partial charge in [0.05, 0.1) is 5.54 Å². The number of rotatable bonds is 3. The van der Waals surface area contributed by atoms with Gasteiger partial charge in [0.2, 0.25) is 5.91 Å². The molecular formula is C18H32N2O2. The van der Waals surface area contributed by atoms with Crippen molar-refractivity contribution in [3.05, 3.63) is 0 Å². The van der Waals surface area contributed by atoms with E-state index < -0.39 is 0 Å². The molecule has 4 heteroatoms. The first-order valence-corrected chi connectivity index (χ1v) is 9.34. The monoisotopic (exact) mass is 308 g/mol. The molecule has 3 fully saturated rings. The van der Waals surface area contributed by atoms with Gasteiger partial charge in [-0.05, 0) is 38.5 Å². The van der Waals surface area contributed by atoms with Crippen LogP contribution in [0.2, 0.25) is 0 Å². The van der Waals surface area contributed by atoms with Gasteiger partial charge in [-0.15, -0.1) is 0 Å². The van der Waals surface area contributed by atoms with Crippen molar-refractivity contribution in [2.45, 2.75) is 63.8 Å². The molecule has 1 aliphatic carbocycles. The molecule has 2 aliphatic heterocycles. The van der Waals surface area contributed by atoms with Crippen molar-refractivity contribution < 1.29 is 9.53 Å². The van der Waals surface area contributed by atoms with Gasteiger partial charge in [-0.25, -0.2) is 0 Å². The van der Waals surface area contributed by atoms with Crippen LogP contribution in [0.25, 0.3) is 0 Å². The largest absolute Gasteiger partial charge is 0.381 e. The van der Waals surface area contributed by atoms with Crippen molar-refractivity contribution >= 4 is 5.91 Å². The van der Waals surface area contributed by atoms with E-state index in [1.165, 1.54) is 38.6 Å². The van der Waals surface area contributed by atoms with E-state index in [0.29, 0.717) is 12.3 Å². The van der Waals surface area contributed by atoms with Gasteiger partial charge in [-0.1, -0.05) is 19.3 Å². The molecule has 3 aliphatic rings. The summed E-state index contributed by atoms with van der Waals surface area (Å²) in [4.78, 5) is 17.4. The number of carbonyl (C=O) groups excluding carboxylic acids is 1. The average Bonchev–Trinajstić information content (AvgIpc) is 2.66. The second-order valence-electron chi connectivity index (χ2n) is 7.46. The summed E-state index contributed by atoms with van der Waals surface area (Å²) in [5.74, 6) is 1.21. The molecule has 22 heavy (non-hydrogen) atoms. The van der Waals surface area contributed by atoms with Crippen LogP contribution in [0.1, 0.15) is 58.3 Å². The van der Waals surface area contributed by atoms with Crippen molar-refractivity contribution in [1.29, 1.82) is 0 Å². The van der Waals surface area contributed by atoms with Gasteiger partial charge < -0.3 is 14.5 Å². The standard InChI is InChI=1S/C18H32N2O2/c1-2-20-17(21)8-11-19(14-16-6-4-3-5-7-16)15-18(20)9-12-22-13-10-18/h16H,2-15H2,1H3. The normalized spacial score (nSPS) is 28.0. The average molecular weight is 308 g/mol. The maximum atomic E-state index is 12.6. The zero-order valence-electron chi connectivity index (χ0n) is 14.2. The fourth-order valence-corrected chi connectivity index (χ4v) is 4.82. The number of likely N-dealkylation sites (N-methyl/N-ethyl adjacent to an activating group) is 1. The Morgan fingerprint density at radius 3 is 2.59 bits per heavy atom. The van der Waals surface area contributed by atoms with Gasteiger partial charge in [0.15, 0.2) is 0 Å². The van der Waals surface area contributed by atoms with Gasteiger partial charge in [0.1, 0.15) is 0 Å². The summed E-state index contributed by atoms with van der Waals surface area (Å²) >= 11 is 0. The van der Waals surface area contributed by atoms with Crippen molar-refractivity contribution in [3.8, 4) is 0 Å². The Morgan fingerprint density at radius 1 is 1.18 bits per heavy atom. The summed E-state index contributed by atoms with van der Waals surface area (Å²) in [6, 6.07) is 0. The molecule has 4 nitrogen and oxygen atoms in total. The summed E-state index contributed by atoms with van der Waals surface area (Å²) in [6.45, 7) is 7.80. The highest BCUT2D eigenvalue weighted by molar-refractivity contribution is 5.77. The highest BCUT2D eigenvalue weighted by atomic mass is 16.5. The first kappa shape index (κ1) is 16.3. The van der Waals surface area contributed by atoms with Crippen molar-refractivity contribution in [2.24, 2.45) is 5.92 Å². The molecule has 0 N–H and O–H groups in total. The SMILES string of the molecule is CCN1C(=O)CCN(CC2CCCCC2)CC12CCOCC2. The molecule has 1 spiro atoms. The molecule has 2 saturated heterocycles. The second kappa shape index (κ2) is 7.31. The Morgan fingerprint density at radius 2 is 1.91 bits per heavy atom. The number of hydrogen-bond donors (Lipinski definition) is 0. The molecule has 2 heterocycles. The first-order chi connectivity index (χ1) is 10.7. The Kier molecular flexibility index (Phi) is 5.40. The van der Waals surface area contributed by atoms with Crippen LogP contribution in [0, 0.1) is 5.92 Å². The Balaban J connectivity index is 1.71. The lowest BCUT2D eigenvalue weighted by Gasteiger charge is -2.46. The molecule has 1 amide bonds. The molecular weight excluding hydrogens is 276 g/mol. The van der Waals surface area contributed by atoms with Crippen LogP contribution in [0.5, 0.6) is 0 Å². The molecule has 0 aromatic rings. The van der Waals surface area contributed by atoms with Crippen LogP contribution in [0.15, 0.2) is 0 Å². The van der Waals surface area contributed by atoms with Gasteiger partial charge in [-0.2, -0.15) is 0 Å². The highest BCUT2D eigenvalue weighted by Crippen LogP contribution is 2.33. The molecule has 1 saturated carbocycles. The molecule has 0 unspecified atom stereocenters. The van der Waals surface area contributed by atoms with Crippen LogP contribution in [0.4, 0.5) is 0 Å². The van der Waals surface area contributed by atoms with Gasteiger partial charge >= 0.3 is 0 Å². The third kappa shape index (κ3) is 3.48. The van der Waals surface area contributed by atoms with Crippen LogP contribution < -0.4 is 0 Å². The lowest BCUT2D eigenvalue weighted by atomic mass is 9.86. The van der Waals surface area contributed by atoms with E-state index in [1.54, 1.807) is 0 Å². The summed E-state index contributed by atoms with van der Waals surface area (Å²) in [7, 11) is 0. The summed E-state index contributed by atoms with van der Waals surface area (Å²) in [5.41, 5.74) is 0.0370. The molecule has 0 atom stereocenters. The minimum absolute atomic E-state index is 0.0370. The van der Waals surface area contributed by atoms with Gasteiger partial charge in [-0.3, -0.25) is 4.79 Å². The zero-order valence-corrected chi connectivity index (χ0v) is 14.2. The fraction of sp³-hybridized carbons (Fsp3) is 0.944. The predicted octanol–water partition coefficient (Wildman–Crippen LogP) is 2.67. The van der Waals surface area contributed by atoms with E-state index in [9.17, 15) is 4.79 Å². The number of hydrogen-bond acceptors (Lipinski definition) is 3. The molecule has 0 aromatic heterocycles. The van der Waals surface area contributed by atoms with E-state index in [0.717, 1.165) is 51.6 Å². The van der Waals surface area contributed by atoms with Crippen molar-refractivity contribution in [1.82, 2.24) is 9.80 Å². The fourth-order valence-electron chi connectivity index (χ4n) is 4.82. The van der Waals surface area contributed by atoms with E-state index in [2.05, 4.69) is 16.7 Å². The maximum Gasteiger partial charge on any atom is 0.224 e. The van der Waals surface area contributed by atoms with E-state index in [1.807, 2.05) is 0 Å². The van der Waals surface area contributed by atoms with Gasteiger partial charge in [0, 0.05) is 45.8 Å². The van der Waals surface area contributed by atoms with Crippen LogP contribution in [-0.2, 0) is 9.53 Å². The maximum absolute atomic E-state index is 12.6. The summed E-state index contributed by atoms with van der Waals surface area (Å²) < 4.78 is 5.59. The van der Waals surface area contributed by atoms with Crippen molar-refractivity contribution in [2.75, 3.05) is 39.4 Å². The van der Waals surface area contributed by atoms with Crippen LogP contribution >= 0.6 is 0 Å². The highest BCUT2D eigenvalue weighted by Gasteiger charge is 2.43. The van der Waals surface area contributed by atoms with Crippen LogP contribution in [0.3, 0.4) is 0 Å². The Hall–Kier alpha value is -0.610. The number of carbonyl (C=O) groups is 1. The number of ether oxygens (including phenoxy) is 1. The topological polar surface area (TPSA) is 32.8 Å². The van der Waals surface area contributed by atoms with E-state index in [4.69, 9.17) is 4.74 Å². The lowest BCUT2D eigenvalue weighted by molar-refractivity contribution is -0.140. The smallest absolute Gasteiger partial charge is 0.224 e. The third-order valence-electron chi connectivity index (χ3n) is 6.01. The molecule has 0 radical (unpaired) electrons. The number of amides is 1. The summed E-state index contributed by atoms with van der Waals surface area (Å²) in [6.07, 6.45) is 9.70. The van der Waals surface area contributed by atoms with E-state index in [-0.39, 0.29) is 5.54 Å².